The van der Waals surface area contributed by atoms with Crippen LogP contribution in [-0.2, 0) is 9.53 Å². The summed E-state index contributed by atoms with van der Waals surface area (Å²) in [7, 11) is 0. The number of hydrogen-bond donors (Lipinski definition) is 3. The number of carboxylic acids is 1. The summed E-state index contributed by atoms with van der Waals surface area (Å²) in [4.78, 5) is 10.7. The van der Waals surface area contributed by atoms with Gasteiger partial charge in [-0.15, -0.1) is 11.8 Å². The first-order valence-electron chi connectivity index (χ1n) is 10.2. The Kier molecular flexibility index (Phi) is 7.91. The molecular formula is C22H34O5. The van der Waals surface area contributed by atoms with Crippen LogP contribution in [-0.4, -0.2) is 39.3 Å². The molecule has 1 aliphatic carbocycles. The number of rotatable bonds is 10. The molecule has 0 radical (unpaired) electrons. The maximum Gasteiger partial charge on any atom is 0.364 e. The molecule has 0 spiro atoms. The molecule has 2 unspecified atom stereocenters. The molecule has 0 aromatic rings. The first-order valence-corrected chi connectivity index (χ1v) is 10.2. The Morgan fingerprint density at radius 1 is 1.37 bits per heavy atom. The van der Waals surface area contributed by atoms with Crippen molar-refractivity contribution in [3.05, 3.63) is 12.2 Å². The molecule has 1 heterocycles. The second-order valence-corrected chi connectivity index (χ2v) is 8.18. The van der Waals surface area contributed by atoms with Gasteiger partial charge in [0.15, 0.2) is 0 Å². The molecular weight excluding hydrogens is 344 g/mol. The molecule has 1 saturated heterocycles. The third-order valence-corrected chi connectivity index (χ3v) is 5.96. The van der Waals surface area contributed by atoms with Crippen molar-refractivity contribution in [1.29, 1.82) is 0 Å². The zero-order chi connectivity index (χ0) is 20.0. The van der Waals surface area contributed by atoms with Gasteiger partial charge in [-0.1, -0.05) is 32.4 Å². The standard InChI is InChI=1S/C22H34O5/c1-4-5-7-15(2)8-6-9-17-11-10-16(3)18(17)14-20-19(27-20)12-13-22(25,26)21(23)24/h15,17-20,25-26H,3-4,6,8-14H2,1-2H3,(H,23,24)/t15?,17-,18-,19?,20+/m0/s1. The highest BCUT2D eigenvalue weighted by molar-refractivity contribution is 5.74. The van der Waals surface area contributed by atoms with Crippen molar-refractivity contribution in [3.8, 4) is 11.8 Å². The van der Waals surface area contributed by atoms with Gasteiger partial charge in [-0.25, -0.2) is 4.79 Å². The second-order valence-electron chi connectivity index (χ2n) is 8.18. The van der Waals surface area contributed by atoms with Gasteiger partial charge in [0.05, 0.1) is 12.2 Å². The van der Waals surface area contributed by atoms with Crippen molar-refractivity contribution in [1.82, 2.24) is 0 Å². The lowest BCUT2D eigenvalue weighted by molar-refractivity contribution is -0.205. The average Bonchev–Trinajstić information content (AvgIpc) is 3.28. The van der Waals surface area contributed by atoms with Gasteiger partial charge in [-0.2, -0.15) is 0 Å². The normalized spacial score (nSPS) is 28.5. The van der Waals surface area contributed by atoms with Crippen LogP contribution in [0.15, 0.2) is 12.2 Å². The number of aliphatic carboxylic acids is 1. The van der Waals surface area contributed by atoms with Crippen molar-refractivity contribution >= 4 is 5.97 Å². The second kappa shape index (κ2) is 9.73. The topological polar surface area (TPSA) is 90.3 Å². The highest BCUT2D eigenvalue weighted by Crippen LogP contribution is 2.45. The molecule has 2 rings (SSSR count). The Labute approximate surface area is 162 Å². The number of aliphatic hydroxyl groups is 2. The monoisotopic (exact) mass is 378 g/mol. The van der Waals surface area contributed by atoms with Crippen LogP contribution in [0.4, 0.5) is 0 Å². The quantitative estimate of drug-likeness (QED) is 0.234. The van der Waals surface area contributed by atoms with Crippen LogP contribution < -0.4 is 0 Å². The van der Waals surface area contributed by atoms with E-state index in [1.165, 1.54) is 24.8 Å². The van der Waals surface area contributed by atoms with E-state index >= 15 is 0 Å². The molecule has 0 amide bonds. The zero-order valence-electron chi connectivity index (χ0n) is 16.6. The van der Waals surface area contributed by atoms with Crippen molar-refractivity contribution in [2.24, 2.45) is 17.8 Å². The van der Waals surface area contributed by atoms with Crippen LogP contribution in [0.3, 0.4) is 0 Å². The fourth-order valence-corrected chi connectivity index (χ4v) is 4.17. The molecule has 1 saturated carbocycles. The van der Waals surface area contributed by atoms with Crippen LogP contribution in [0.5, 0.6) is 0 Å². The third kappa shape index (κ3) is 6.64. The lowest BCUT2D eigenvalue weighted by atomic mass is 9.84. The fourth-order valence-electron chi connectivity index (χ4n) is 4.17. The minimum Gasteiger partial charge on any atom is -0.477 e. The van der Waals surface area contributed by atoms with Gasteiger partial charge >= 0.3 is 5.97 Å². The van der Waals surface area contributed by atoms with E-state index in [-0.39, 0.29) is 18.6 Å². The van der Waals surface area contributed by atoms with Crippen molar-refractivity contribution in [2.75, 3.05) is 0 Å². The summed E-state index contributed by atoms with van der Waals surface area (Å²) in [5.41, 5.74) is 1.30. The van der Waals surface area contributed by atoms with Crippen molar-refractivity contribution in [2.45, 2.75) is 89.6 Å². The molecule has 5 heteroatoms. The SMILES string of the molecule is C=C1CC[C@H](CCCC(C)C#CCC)[C@H]1C[C@H]1OC1CCC(O)(O)C(=O)O. The number of epoxide rings is 1. The Bertz CT molecular complexity index is 585. The average molecular weight is 379 g/mol. The maximum atomic E-state index is 10.7. The largest absolute Gasteiger partial charge is 0.477 e. The Morgan fingerprint density at radius 2 is 2.11 bits per heavy atom. The molecule has 0 bridgehead atoms. The molecule has 2 aliphatic rings. The lowest BCUT2D eigenvalue weighted by Crippen LogP contribution is -2.38. The molecule has 2 fully saturated rings. The number of carbonyl (C=O) groups is 1. The molecule has 3 N–H and O–H groups in total. The summed E-state index contributed by atoms with van der Waals surface area (Å²) in [5, 5.41) is 27.5. The Morgan fingerprint density at radius 3 is 2.78 bits per heavy atom. The van der Waals surface area contributed by atoms with Crippen LogP contribution in [0.25, 0.3) is 0 Å². The van der Waals surface area contributed by atoms with Crippen LogP contribution >= 0.6 is 0 Å². The van der Waals surface area contributed by atoms with Gasteiger partial charge in [0.2, 0.25) is 0 Å². The lowest BCUT2D eigenvalue weighted by Gasteiger charge is -2.20. The predicted octanol–water partition coefficient (Wildman–Crippen LogP) is 3.49. The smallest absolute Gasteiger partial charge is 0.364 e. The van der Waals surface area contributed by atoms with E-state index in [1.807, 2.05) is 0 Å². The van der Waals surface area contributed by atoms with Crippen molar-refractivity contribution < 1.29 is 24.9 Å². The Hall–Kier alpha value is -1.35. The number of carboxylic acid groups (broad SMARTS) is 1. The first kappa shape index (κ1) is 21.9. The molecule has 5 atom stereocenters. The van der Waals surface area contributed by atoms with Crippen molar-refractivity contribution in [3.63, 3.8) is 0 Å². The predicted molar refractivity (Wildman–Crippen MR) is 104 cm³/mol. The van der Waals surface area contributed by atoms with Crippen LogP contribution in [0.1, 0.15) is 71.6 Å². The summed E-state index contributed by atoms with van der Waals surface area (Å²) < 4.78 is 5.66. The van der Waals surface area contributed by atoms with E-state index < -0.39 is 11.8 Å². The van der Waals surface area contributed by atoms with Gasteiger partial charge in [0.1, 0.15) is 0 Å². The van der Waals surface area contributed by atoms with Gasteiger partial charge in [0, 0.05) is 18.8 Å². The van der Waals surface area contributed by atoms with E-state index in [1.54, 1.807) is 0 Å². The summed E-state index contributed by atoms with van der Waals surface area (Å²) in [6.07, 6.45) is 7.75. The number of ether oxygens (including phenoxy) is 1. The maximum absolute atomic E-state index is 10.7. The van der Waals surface area contributed by atoms with E-state index in [0.717, 1.165) is 25.7 Å². The number of hydrogen-bond acceptors (Lipinski definition) is 4. The Balaban J connectivity index is 1.73. The number of allylic oxidation sites excluding steroid dienone is 1. The van der Waals surface area contributed by atoms with E-state index in [2.05, 4.69) is 32.3 Å². The highest BCUT2D eigenvalue weighted by Gasteiger charge is 2.45. The minimum atomic E-state index is -2.66. The van der Waals surface area contributed by atoms with Crippen LogP contribution in [0.2, 0.25) is 0 Å². The van der Waals surface area contributed by atoms with Gasteiger partial charge < -0.3 is 20.1 Å². The van der Waals surface area contributed by atoms with Gasteiger partial charge in [-0.3, -0.25) is 0 Å². The van der Waals surface area contributed by atoms with Gasteiger partial charge in [0.25, 0.3) is 5.79 Å². The molecule has 152 valence electrons. The molecule has 0 aromatic carbocycles. The van der Waals surface area contributed by atoms with E-state index in [4.69, 9.17) is 9.84 Å². The summed E-state index contributed by atoms with van der Waals surface area (Å²) in [6, 6.07) is 0. The molecule has 5 nitrogen and oxygen atoms in total. The molecule has 27 heavy (non-hydrogen) atoms. The third-order valence-electron chi connectivity index (χ3n) is 5.96. The fraction of sp³-hybridized carbons (Fsp3) is 0.773. The van der Waals surface area contributed by atoms with Crippen LogP contribution in [0, 0.1) is 29.6 Å². The molecule has 1 aliphatic heterocycles. The summed E-state index contributed by atoms with van der Waals surface area (Å²) in [6.45, 7) is 8.51. The van der Waals surface area contributed by atoms with Gasteiger partial charge in [-0.05, 0) is 50.4 Å². The van der Waals surface area contributed by atoms with E-state index in [0.29, 0.717) is 24.2 Å². The summed E-state index contributed by atoms with van der Waals surface area (Å²) >= 11 is 0. The highest BCUT2D eigenvalue weighted by atomic mass is 16.6. The zero-order valence-corrected chi connectivity index (χ0v) is 16.6. The first-order chi connectivity index (χ1) is 12.7. The molecule has 0 aromatic heterocycles. The summed E-state index contributed by atoms with van der Waals surface area (Å²) in [5.74, 6) is 3.74. The minimum absolute atomic E-state index is 0.0681. The van der Waals surface area contributed by atoms with E-state index in [9.17, 15) is 15.0 Å².